The van der Waals surface area contributed by atoms with Gasteiger partial charge in [-0.05, 0) is 30.5 Å². The van der Waals surface area contributed by atoms with Crippen molar-refractivity contribution >= 4 is 11.6 Å². The number of quaternary nitrogens is 1. The molecule has 29 heavy (non-hydrogen) atoms. The number of ether oxygens (including phenoxy) is 1. The zero-order chi connectivity index (χ0) is 20.2. The average Bonchev–Trinajstić information content (AvgIpc) is 2.78. The zero-order valence-electron chi connectivity index (χ0n) is 17.6. The largest absolute Gasteiger partial charge is 0.495 e. The molecule has 0 saturated carbocycles. The highest BCUT2D eigenvalue weighted by Gasteiger charge is 2.30. The number of methoxy groups -OCH3 is 1. The molecule has 0 spiro atoms. The van der Waals surface area contributed by atoms with Gasteiger partial charge in [0.25, 0.3) is 5.91 Å². The first kappa shape index (κ1) is 19.8. The maximum Gasteiger partial charge on any atom is 0.277 e. The molecule has 2 atom stereocenters. The van der Waals surface area contributed by atoms with Crippen LogP contribution in [0.5, 0.6) is 5.75 Å². The van der Waals surface area contributed by atoms with Crippen LogP contribution in [-0.2, 0) is 11.2 Å². The summed E-state index contributed by atoms with van der Waals surface area (Å²) in [5, 5.41) is 0. The lowest BCUT2D eigenvalue weighted by molar-refractivity contribution is -0.905. The van der Waals surface area contributed by atoms with Crippen LogP contribution in [0.15, 0.2) is 48.5 Å². The third-order valence-electron chi connectivity index (χ3n) is 6.45. The summed E-state index contributed by atoms with van der Waals surface area (Å²) in [6, 6.07) is 17.3. The molecule has 0 bridgehead atoms. The van der Waals surface area contributed by atoms with Gasteiger partial charge in [0.15, 0.2) is 6.54 Å². The standard InChI is InChI=1S/C24H31N3O2/c1-25(21-12-7-9-19-8-3-4-10-20(19)21)18-24(28)27-16-14-26(15-17-27)22-11-5-6-13-23(22)29-2/h3-6,8,10-11,13,21H,7,9,12,14-18H2,1-2H3/p+1/t21-/m0/s1. The van der Waals surface area contributed by atoms with Crippen LogP contribution in [0.4, 0.5) is 5.69 Å². The number of fused-ring (bicyclic) bond motifs is 1. The maximum absolute atomic E-state index is 13.0. The third kappa shape index (κ3) is 4.25. The van der Waals surface area contributed by atoms with E-state index in [-0.39, 0.29) is 5.91 Å². The summed E-state index contributed by atoms with van der Waals surface area (Å²) in [6.45, 7) is 3.79. The second kappa shape index (κ2) is 8.87. The Kier molecular flexibility index (Phi) is 6.05. The molecule has 5 heteroatoms. The van der Waals surface area contributed by atoms with Crippen molar-refractivity contribution in [3.8, 4) is 5.75 Å². The minimum Gasteiger partial charge on any atom is -0.495 e. The topological polar surface area (TPSA) is 37.2 Å². The summed E-state index contributed by atoms with van der Waals surface area (Å²) >= 11 is 0. The molecular formula is C24H32N3O2+. The number of nitrogens with zero attached hydrogens (tertiary/aromatic N) is 2. The van der Waals surface area contributed by atoms with Gasteiger partial charge in [-0.2, -0.15) is 0 Å². The monoisotopic (exact) mass is 394 g/mol. The van der Waals surface area contributed by atoms with Crippen LogP contribution in [0.1, 0.15) is 30.0 Å². The third-order valence-corrected chi connectivity index (χ3v) is 6.45. The average molecular weight is 395 g/mol. The quantitative estimate of drug-likeness (QED) is 0.842. The molecule has 1 aliphatic carbocycles. The van der Waals surface area contributed by atoms with Gasteiger partial charge in [0.05, 0.1) is 19.8 Å². The minimum absolute atomic E-state index is 0.269. The first-order valence-electron chi connectivity index (χ1n) is 10.7. The molecule has 0 aromatic heterocycles. The highest BCUT2D eigenvalue weighted by molar-refractivity contribution is 5.77. The van der Waals surface area contributed by atoms with Crippen molar-refractivity contribution < 1.29 is 14.4 Å². The van der Waals surface area contributed by atoms with Crippen LogP contribution in [0, 0.1) is 0 Å². The molecule has 1 aliphatic heterocycles. The van der Waals surface area contributed by atoms with Crippen LogP contribution >= 0.6 is 0 Å². The summed E-state index contributed by atoms with van der Waals surface area (Å²) in [4.78, 5) is 18.7. The molecule has 4 rings (SSSR count). The second-order valence-corrected chi connectivity index (χ2v) is 8.21. The first-order chi connectivity index (χ1) is 14.2. The van der Waals surface area contributed by atoms with Crippen molar-refractivity contribution in [1.29, 1.82) is 0 Å². The van der Waals surface area contributed by atoms with Gasteiger partial charge in [-0.3, -0.25) is 4.79 Å². The van der Waals surface area contributed by atoms with Crippen molar-refractivity contribution in [3.63, 3.8) is 0 Å². The van der Waals surface area contributed by atoms with E-state index in [1.54, 1.807) is 7.11 Å². The van der Waals surface area contributed by atoms with Crippen LogP contribution < -0.4 is 14.5 Å². The maximum atomic E-state index is 13.0. The highest BCUT2D eigenvalue weighted by atomic mass is 16.5. The normalized spacial score (nSPS) is 20.1. The number of nitrogens with one attached hydrogen (secondary N) is 1. The fourth-order valence-corrected chi connectivity index (χ4v) is 4.83. The molecule has 0 radical (unpaired) electrons. The number of benzene rings is 2. The van der Waals surface area contributed by atoms with Crippen LogP contribution in [-0.4, -0.2) is 57.7 Å². The number of carbonyl (C=O) groups is 1. The number of carbonyl (C=O) groups excluding carboxylic acids is 1. The van der Waals surface area contributed by atoms with Gasteiger partial charge < -0.3 is 19.4 Å². The Morgan fingerprint density at radius 3 is 2.59 bits per heavy atom. The predicted molar refractivity (Wildman–Crippen MR) is 116 cm³/mol. The van der Waals surface area contributed by atoms with E-state index in [1.807, 2.05) is 23.1 Å². The van der Waals surface area contributed by atoms with Crippen molar-refractivity contribution in [2.75, 3.05) is 51.8 Å². The van der Waals surface area contributed by atoms with E-state index in [0.29, 0.717) is 12.6 Å². The van der Waals surface area contributed by atoms with Gasteiger partial charge in [0.1, 0.15) is 11.8 Å². The van der Waals surface area contributed by atoms with Gasteiger partial charge in [-0.15, -0.1) is 0 Å². The van der Waals surface area contributed by atoms with Gasteiger partial charge in [-0.25, -0.2) is 0 Å². The van der Waals surface area contributed by atoms with Gasteiger partial charge in [0.2, 0.25) is 0 Å². The number of amides is 1. The Morgan fingerprint density at radius 2 is 1.79 bits per heavy atom. The molecule has 1 saturated heterocycles. The van der Waals surface area contributed by atoms with Crippen LogP contribution in [0.25, 0.3) is 0 Å². The number of likely N-dealkylation sites (N-methyl/N-ethyl adjacent to an activating group) is 1. The van der Waals surface area contributed by atoms with Gasteiger partial charge in [-0.1, -0.05) is 36.4 Å². The Labute approximate surface area is 173 Å². The van der Waals surface area contributed by atoms with Crippen molar-refractivity contribution in [2.45, 2.75) is 25.3 Å². The summed E-state index contributed by atoms with van der Waals surface area (Å²) in [5.74, 6) is 1.16. The first-order valence-corrected chi connectivity index (χ1v) is 10.7. The Morgan fingerprint density at radius 1 is 1.07 bits per heavy atom. The number of hydrogen-bond acceptors (Lipinski definition) is 3. The Hall–Kier alpha value is -2.53. The summed E-state index contributed by atoms with van der Waals surface area (Å²) in [7, 11) is 3.89. The molecule has 2 aromatic carbocycles. The summed E-state index contributed by atoms with van der Waals surface area (Å²) < 4.78 is 5.50. The zero-order valence-corrected chi connectivity index (χ0v) is 17.6. The van der Waals surface area contributed by atoms with E-state index in [4.69, 9.17) is 4.74 Å². The molecule has 1 fully saturated rings. The molecular weight excluding hydrogens is 362 g/mol. The summed E-state index contributed by atoms with van der Waals surface area (Å²) in [6.07, 6.45) is 3.54. The second-order valence-electron chi connectivity index (χ2n) is 8.21. The van der Waals surface area contributed by atoms with E-state index in [0.717, 1.165) is 44.0 Å². The number of piperazine rings is 1. The Balaban J connectivity index is 1.35. The molecule has 1 N–H and O–H groups in total. The van der Waals surface area contributed by atoms with Gasteiger partial charge >= 0.3 is 0 Å². The Bertz CT molecular complexity index is 846. The number of para-hydroxylation sites is 2. The molecule has 5 nitrogen and oxygen atoms in total. The molecule has 2 aromatic rings. The van der Waals surface area contributed by atoms with Gasteiger partial charge in [0, 0.05) is 38.2 Å². The van der Waals surface area contributed by atoms with Crippen molar-refractivity contribution in [1.82, 2.24) is 4.90 Å². The highest BCUT2D eigenvalue weighted by Crippen LogP contribution is 2.29. The van der Waals surface area contributed by atoms with Crippen molar-refractivity contribution in [2.24, 2.45) is 0 Å². The number of anilines is 1. The van der Waals surface area contributed by atoms with Crippen LogP contribution in [0.2, 0.25) is 0 Å². The van der Waals surface area contributed by atoms with E-state index < -0.39 is 0 Å². The molecule has 1 unspecified atom stereocenters. The number of aryl methyl sites for hydroxylation is 1. The van der Waals surface area contributed by atoms with E-state index >= 15 is 0 Å². The smallest absolute Gasteiger partial charge is 0.277 e. The van der Waals surface area contributed by atoms with Crippen molar-refractivity contribution in [3.05, 3.63) is 59.7 Å². The minimum atomic E-state index is 0.269. The van der Waals surface area contributed by atoms with E-state index in [9.17, 15) is 4.79 Å². The molecule has 154 valence electrons. The fraction of sp³-hybridized carbons (Fsp3) is 0.458. The molecule has 1 heterocycles. The predicted octanol–water partition coefficient (Wildman–Crippen LogP) is 1.94. The lowest BCUT2D eigenvalue weighted by atomic mass is 9.87. The number of rotatable bonds is 5. The van der Waals surface area contributed by atoms with E-state index in [1.165, 1.54) is 28.9 Å². The lowest BCUT2D eigenvalue weighted by Gasteiger charge is -2.37. The fourth-order valence-electron chi connectivity index (χ4n) is 4.83. The summed E-state index contributed by atoms with van der Waals surface area (Å²) in [5.41, 5.74) is 4.01. The molecule has 2 aliphatic rings. The lowest BCUT2D eigenvalue weighted by Crippen LogP contribution is -3.10. The van der Waals surface area contributed by atoms with E-state index in [2.05, 4.69) is 42.3 Å². The molecule has 1 amide bonds. The SMILES string of the molecule is COc1ccccc1N1CCN(C(=O)C[NH+](C)[C@H]2CCCc3ccccc32)CC1. The van der Waals surface area contributed by atoms with Crippen LogP contribution in [0.3, 0.4) is 0 Å². The number of hydrogen-bond donors (Lipinski definition) is 1.